The van der Waals surface area contributed by atoms with Gasteiger partial charge in [0.1, 0.15) is 0 Å². The van der Waals surface area contributed by atoms with Crippen LogP contribution in [0.25, 0.3) is 0 Å². The highest BCUT2D eigenvalue weighted by molar-refractivity contribution is 5.48. The number of pyridine rings is 1. The minimum atomic E-state index is 0.685. The van der Waals surface area contributed by atoms with Gasteiger partial charge in [0.05, 0.1) is 7.11 Å². The predicted octanol–water partition coefficient (Wildman–Crippen LogP) is 2.06. The fourth-order valence-electron chi connectivity index (χ4n) is 2.40. The third-order valence-electron chi connectivity index (χ3n) is 3.47. The Bertz CT molecular complexity index is 362. The molecule has 0 radical (unpaired) electrons. The van der Waals surface area contributed by atoms with Gasteiger partial charge in [-0.2, -0.15) is 0 Å². The maximum absolute atomic E-state index is 5.17. The van der Waals surface area contributed by atoms with Gasteiger partial charge in [-0.1, -0.05) is 6.92 Å². The average Bonchev–Trinajstić information content (AvgIpc) is 2.46. The Hall–Kier alpha value is -1.29. The van der Waals surface area contributed by atoms with Gasteiger partial charge in [0.2, 0.25) is 5.88 Å². The quantitative estimate of drug-likeness (QED) is 0.866. The molecule has 4 nitrogen and oxygen atoms in total. The summed E-state index contributed by atoms with van der Waals surface area (Å²) in [4.78, 5) is 6.56. The number of nitrogens with one attached hydrogen (secondary N) is 1. The van der Waals surface area contributed by atoms with E-state index in [0.29, 0.717) is 11.9 Å². The van der Waals surface area contributed by atoms with Crippen molar-refractivity contribution in [3.63, 3.8) is 0 Å². The number of methoxy groups -OCH3 is 1. The first-order chi connectivity index (χ1) is 8.83. The van der Waals surface area contributed by atoms with Crippen molar-refractivity contribution >= 4 is 5.69 Å². The van der Waals surface area contributed by atoms with E-state index in [1.54, 1.807) is 7.11 Å². The number of hydrogen-bond donors (Lipinski definition) is 1. The van der Waals surface area contributed by atoms with E-state index in [1.807, 2.05) is 12.3 Å². The summed E-state index contributed by atoms with van der Waals surface area (Å²) < 4.78 is 5.17. The third kappa shape index (κ3) is 3.35. The van der Waals surface area contributed by atoms with Gasteiger partial charge in [-0.3, -0.25) is 0 Å². The number of piperidine rings is 1. The number of aromatic nitrogens is 1. The zero-order valence-electron chi connectivity index (χ0n) is 11.4. The summed E-state index contributed by atoms with van der Waals surface area (Å²) >= 11 is 0. The molecule has 0 amide bonds. The molecule has 1 N–H and O–H groups in total. The topological polar surface area (TPSA) is 37.4 Å². The highest BCUT2D eigenvalue weighted by Crippen LogP contribution is 2.22. The van der Waals surface area contributed by atoms with Crippen molar-refractivity contribution in [2.24, 2.45) is 0 Å². The SMILES string of the molecule is CCCNC1CCN(c2ccnc(OC)c2)CC1. The van der Waals surface area contributed by atoms with E-state index >= 15 is 0 Å². The Labute approximate surface area is 109 Å². The predicted molar refractivity (Wildman–Crippen MR) is 74.3 cm³/mol. The molecule has 0 aliphatic carbocycles. The number of nitrogens with zero attached hydrogens (tertiary/aromatic N) is 2. The van der Waals surface area contributed by atoms with E-state index in [0.717, 1.165) is 19.6 Å². The van der Waals surface area contributed by atoms with Gasteiger partial charge in [0.15, 0.2) is 0 Å². The van der Waals surface area contributed by atoms with Crippen LogP contribution in [0.2, 0.25) is 0 Å². The molecule has 2 heterocycles. The van der Waals surface area contributed by atoms with Gasteiger partial charge in [-0.25, -0.2) is 4.98 Å². The summed E-state index contributed by atoms with van der Waals surface area (Å²) in [6.45, 7) is 5.56. The number of hydrogen-bond acceptors (Lipinski definition) is 4. The smallest absolute Gasteiger partial charge is 0.214 e. The molecule has 1 aromatic heterocycles. The fraction of sp³-hybridized carbons (Fsp3) is 0.643. The summed E-state index contributed by atoms with van der Waals surface area (Å²) in [5.74, 6) is 0.693. The molecule has 0 unspecified atom stereocenters. The average molecular weight is 249 g/mol. The van der Waals surface area contributed by atoms with Gasteiger partial charge < -0.3 is 15.0 Å². The van der Waals surface area contributed by atoms with Gasteiger partial charge in [0.25, 0.3) is 0 Å². The fourth-order valence-corrected chi connectivity index (χ4v) is 2.40. The second-order valence-corrected chi connectivity index (χ2v) is 4.77. The Morgan fingerprint density at radius 3 is 2.89 bits per heavy atom. The number of anilines is 1. The molecule has 0 bridgehead atoms. The first kappa shape index (κ1) is 13.1. The summed E-state index contributed by atoms with van der Waals surface area (Å²) in [7, 11) is 1.66. The van der Waals surface area contributed by atoms with Gasteiger partial charge in [0, 0.05) is 37.1 Å². The number of rotatable bonds is 5. The third-order valence-corrected chi connectivity index (χ3v) is 3.47. The van der Waals surface area contributed by atoms with Crippen molar-refractivity contribution in [1.82, 2.24) is 10.3 Å². The monoisotopic (exact) mass is 249 g/mol. The van der Waals surface area contributed by atoms with Crippen molar-refractivity contribution < 1.29 is 4.74 Å². The molecule has 1 aliphatic rings. The molecule has 0 atom stereocenters. The molecule has 1 saturated heterocycles. The number of ether oxygens (including phenoxy) is 1. The molecule has 1 aromatic rings. The summed E-state index contributed by atoms with van der Waals surface area (Å²) in [6.07, 6.45) is 5.45. The molecule has 18 heavy (non-hydrogen) atoms. The molecule has 0 saturated carbocycles. The normalized spacial score (nSPS) is 16.9. The van der Waals surface area contributed by atoms with E-state index < -0.39 is 0 Å². The zero-order valence-corrected chi connectivity index (χ0v) is 11.4. The molecule has 100 valence electrons. The van der Waals surface area contributed by atoms with Crippen molar-refractivity contribution in [2.45, 2.75) is 32.2 Å². The van der Waals surface area contributed by atoms with Crippen LogP contribution in [-0.2, 0) is 0 Å². The van der Waals surface area contributed by atoms with E-state index in [9.17, 15) is 0 Å². The van der Waals surface area contributed by atoms with Crippen molar-refractivity contribution in [3.05, 3.63) is 18.3 Å². The lowest BCUT2D eigenvalue weighted by molar-refractivity contribution is 0.396. The van der Waals surface area contributed by atoms with Crippen molar-refractivity contribution in [1.29, 1.82) is 0 Å². The Morgan fingerprint density at radius 2 is 2.22 bits per heavy atom. The van der Waals surface area contributed by atoms with Crippen LogP contribution in [0, 0.1) is 0 Å². The molecule has 1 fully saturated rings. The maximum Gasteiger partial charge on any atom is 0.214 e. The summed E-state index contributed by atoms with van der Waals surface area (Å²) in [5.41, 5.74) is 1.22. The minimum absolute atomic E-state index is 0.685. The second-order valence-electron chi connectivity index (χ2n) is 4.77. The zero-order chi connectivity index (χ0) is 12.8. The van der Waals surface area contributed by atoms with E-state index in [2.05, 4.69) is 28.2 Å². The largest absolute Gasteiger partial charge is 0.481 e. The lowest BCUT2D eigenvalue weighted by atomic mass is 10.0. The van der Waals surface area contributed by atoms with E-state index in [-0.39, 0.29) is 0 Å². The minimum Gasteiger partial charge on any atom is -0.481 e. The van der Waals surface area contributed by atoms with Gasteiger partial charge in [-0.05, 0) is 31.9 Å². The standard InChI is InChI=1S/C14H23N3O/c1-3-7-15-12-5-9-17(10-6-12)13-4-8-16-14(11-13)18-2/h4,8,11-12,15H,3,5-7,9-10H2,1-2H3. The molecule has 2 rings (SSSR count). The van der Waals surface area contributed by atoms with E-state index in [1.165, 1.54) is 24.9 Å². The summed E-state index contributed by atoms with van der Waals surface area (Å²) in [5, 5.41) is 3.60. The van der Waals surface area contributed by atoms with Crippen LogP contribution in [0.1, 0.15) is 26.2 Å². The second kappa shape index (κ2) is 6.59. The van der Waals surface area contributed by atoms with Crippen LogP contribution < -0.4 is 15.0 Å². The van der Waals surface area contributed by atoms with Crippen molar-refractivity contribution in [2.75, 3.05) is 31.6 Å². The molecule has 4 heteroatoms. The van der Waals surface area contributed by atoms with Crippen LogP contribution in [0.15, 0.2) is 18.3 Å². The Kier molecular flexibility index (Phi) is 4.81. The van der Waals surface area contributed by atoms with Gasteiger partial charge >= 0.3 is 0 Å². The lowest BCUT2D eigenvalue weighted by Gasteiger charge is -2.34. The molecule has 1 aliphatic heterocycles. The summed E-state index contributed by atoms with van der Waals surface area (Å²) in [6, 6.07) is 4.76. The maximum atomic E-state index is 5.17. The highest BCUT2D eigenvalue weighted by Gasteiger charge is 2.18. The Balaban J connectivity index is 1.88. The highest BCUT2D eigenvalue weighted by atomic mass is 16.5. The Morgan fingerprint density at radius 1 is 1.44 bits per heavy atom. The first-order valence-electron chi connectivity index (χ1n) is 6.82. The van der Waals surface area contributed by atoms with Crippen molar-refractivity contribution in [3.8, 4) is 5.88 Å². The van der Waals surface area contributed by atoms with Crippen LogP contribution >= 0.6 is 0 Å². The lowest BCUT2D eigenvalue weighted by Crippen LogP contribution is -2.42. The molecular formula is C14H23N3O. The molecule has 0 spiro atoms. The molecule has 0 aromatic carbocycles. The van der Waals surface area contributed by atoms with Crippen LogP contribution in [-0.4, -0.2) is 37.8 Å². The first-order valence-corrected chi connectivity index (χ1v) is 6.82. The van der Waals surface area contributed by atoms with Crippen LogP contribution in [0.5, 0.6) is 5.88 Å². The van der Waals surface area contributed by atoms with Gasteiger partial charge in [-0.15, -0.1) is 0 Å². The van der Waals surface area contributed by atoms with Crippen LogP contribution in [0.3, 0.4) is 0 Å². The van der Waals surface area contributed by atoms with E-state index in [4.69, 9.17) is 4.74 Å². The molecular weight excluding hydrogens is 226 g/mol. The van der Waals surface area contributed by atoms with Crippen LogP contribution in [0.4, 0.5) is 5.69 Å².